The van der Waals surface area contributed by atoms with Gasteiger partial charge >= 0.3 is 0 Å². The molecule has 3 fully saturated rings. The van der Waals surface area contributed by atoms with Gasteiger partial charge in [-0.05, 0) is 58.4 Å². The van der Waals surface area contributed by atoms with Crippen LogP contribution in [0, 0.1) is 0 Å². The summed E-state index contributed by atoms with van der Waals surface area (Å²) < 4.78 is 5.47. The van der Waals surface area contributed by atoms with Gasteiger partial charge < -0.3 is 15.0 Å². The van der Waals surface area contributed by atoms with E-state index in [0.29, 0.717) is 6.10 Å². The van der Waals surface area contributed by atoms with Crippen molar-refractivity contribution in [1.82, 2.24) is 10.2 Å². The van der Waals surface area contributed by atoms with Gasteiger partial charge in [-0.25, -0.2) is 0 Å². The highest BCUT2D eigenvalue weighted by Crippen LogP contribution is 2.33. The second-order valence-corrected chi connectivity index (χ2v) is 6.95. The molecule has 2 heterocycles. The van der Waals surface area contributed by atoms with E-state index in [2.05, 4.69) is 17.3 Å². The molecule has 2 atom stereocenters. The first-order chi connectivity index (χ1) is 9.26. The van der Waals surface area contributed by atoms with E-state index in [0.717, 1.165) is 24.2 Å². The van der Waals surface area contributed by atoms with Gasteiger partial charge in [0.2, 0.25) is 0 Å². The third kappa shape index (κ3) is 3.14. The van der Waals surface area contributed by atoms with Gasteiger partial charge in [0.15, 0.2) is 0 Å². The molecular weight excluding hydrogens is 236 g/mol. The minimum Gasteiger partial charge on any atom is -0.381 e. The van der Waals surface area contributed by atoms with Gasteiger partial charge in [-0.15, -0.1) is 0 Å². The number of nitrogens with one attached hydrogen (secondary N) is 1. The molecule has 3 rings (SSSR count). The van der Waals surface area contributed by atoms with Gasteiger partial charge in [0, 0.05) is 31.3 Å². The number of rotatable bonds is 3. The summed E-state index contributed by atoms with van der Waals surface area (Å²) in [6.45, 7) is 0. The minimum absolute atomic E-state index is 0.523. The van der Waals surface area contributed by atoms with Crippen LogP contribution in [0.15, 0.2) is 0 Å². The second-order valence-electron chi connectivity index (χ2n) is 6.95. The average molecular weight is 266 g/mol. The molecule has 2 unspecified atom stereocenters. The van der Waals surface area contributed by atoms with Crippen LogP contribution < -0.4 is 5.32 Å². The predicted molar refractivity (Wildman–Crippen MR) is 78.4 cm³/mol. The number of hydrogen-bond acceptors (Lipinski definition) is 3. The van der Waals surface area contributed by atoms with Crippen LogP contribution in [0.2, 0.25) is 0 Å². The topological polar surface area (TPSA) is 24.5 Å². The number of piperidine rings is 2. The summed E-state index contributed by atoms with van der Waals surface area (Å²) in [4.78, 5) is 2.66. The summed E-state index contributed by atoms with van der Waals surface area (Å²) in [6.07, 6.45) is 12.7. The van der Waals surface area contributed by atoms with Crippen molar-refractivity contribution in [3.63, 3.8) is 0 Å². The molecule has 2 aliphatic heterocycles. The molecule has 0 amide bonds. The fourth-order valence-corrected chi connectivity index (χ4v) is 4.55. The second kappa shape index (κ2) is 6.11. The van der Waals surface area contributed by atoms with Crippen LogP contribution in [-0.2, 0) is 4.74 Å². The Morgan fingerprint density at radius 2 is 1.53 bits per heavy atom. The molecule has 1 N–H and O–H groups in total. The molecule has 0 aromatic rings. The average Bonchev–Trinajstić information content (AvgIpc) is 2.41. The lowest BCUT2D eigenvalue weighted by Crippen LogP contribution is -2.56. The van der Waals surface area contributed by atoms with Crippen molar-refractivity contribution in [2.24, 2.45) is 0 Å². The van der Waals surface area contributed by atoms with E-state index in [4.69, 9.17) is 4.74 Å². The van der Waals surface area contributed by atoms with Crippen molar-refractivity contribution < 1.29 is 4.74 Å². The van der Waals surface area contributed by atoms with Crippen LogP contribution in [0.25, 0.3) is 0 Å². The van der Waals surface area contributed by atoms with E-state index < -0.39 is 0 Å². The molecular formula is C16H30N2O. The smallest absolute Gasteiger partial charge is 0.0572 e. The molecule has 2 bridgehead atoms. The zero-order valence-electron chi connectivity index (χ0n) is 12.6. The van der Waals surface area contributed by atoms with Crippen LogP contribution >= 0.6 is 0 Å². The highest BCUT2D eigenvalue weighted by atomic mass is 16.5. The number of fused-ring (bicyclic) bond motifs is 2. The minimum atomic E-state index is 0.523. The first kappa shape index (κ1) is 13.8. The lowest BCUT2D eigenvalue weighted by atomic mass is 9.81. The quantitative estimate of drug-likeness (QED) is 0.849. The standard InChI is InChI=1S/C16H30N2O/c1-18-14-4-3-5-15(18)11-13(10-14)17-12-6-8-16(19-2)9-7-12/h12-17H,3-11H2,1-2H3. The van der Waals surface area contributed by atoms with E-state index >= 15 is 0 Å². The summed E-state index contributed by atoms with van der Waals surface area (Å²) in [5.41, 5.74) is 0. The zero-order valence-corrected chi connectivity index (χ0v) is 12.6. The molecule has 3 aliphatic rings. The third-order valence-electron chi connectivity index (χ3n) is 5.82. The third-order valence-corrected chi connectivity index (χ3v) is 5.82. The highest BCUT2D eigenvalue weighted by molar-refractivity contribution is 4.95. The Hall–Kier alpha value is -0.120. The largest absolute Gasteiger partial charge is 0.381 e. The SMILES string of the molecule is COC1CCC(NC2CC3CCCC(C2)N3C)CC1. The van der Waals surface area contributed by atoms with Crippen molar-refractivity contribution in [2.45, 2.75) is 88.1 Å². The molecule has 0 aromatic carbocycles. The summed E-state index contributed by atoms with van der Waals surface area (Å²) in [5, 5.41) is 3.97. The van der Waals surface area contributed by atoms with Crippen molar-refractivity contribution >= 4 is 0 Å². The molecule has 3 nitrogen and oxygen atoms in total. The monoisotopic (exact) mass is 266 g/mol. The summed E-state index contributed by atoms with van der Waals surface area (Å²) in [6, 6.07) is 3.22. The maximum Gasteiger partial charge on any atom is 0.0572 e. The number of nitrogens with zero attached hydrogens (tertiary/aromatic N) is 1. The van der Waals surface area contributed by atoms with Crippen molar-refractivity contribution in [1.29, 1.82) is 0 Å². The van der Waals surface area contributed by atoms with Crippen LogP contribution in [-0.4, -0.2) is 49.3 Å². The molecule has 3 heteroatoms. The van der Waals surface area contributed by atoms with E-state index in [1.165, 1.54) is 57.8 Å². The molecule has 0 radical (unpaired) electrons. The van der Waals surface area contributed by atoms with E-state index in [-0.39, 0.29) is 0 Å². The van der Waals surface area contributed by atoms with Gasteiger partial charge in [-0.3, -0.25) is 0 Å². The Labute approximate surface area is 118 Å². The number of hydrogen-bond donors (Lipinski definition) is 1. The summed E-state index contributed by atoms with van der Waals surface area (Å²) in [5.74, 6) is 0. The number of methoxy groups -OCH3 is 1. The van der Waals surface area contributed by atoms with E-state index in [1.54, 1.807) is 0 Å². The van der Waals surface area contributed by atoms with Gasteiger partial charge in [0.05, 0.1) is 6.10 Å². The van der Waals surface area contributed by atoms with Gasteiger partial charge in [0.25, 0.3) is 0 Å². The molecule has 110 valence electrons. The van der Waals surface area contributed by atoms with Crippen LogP contribution in [0.5, 0.6) is 0 Å². The van der Waals surface area contributed by atoms with Gasteiger partial charge in [0.1, 0.15) is 0 Å². The molecule has 2 saturated heterocycles. The Morgan fingerprint density at radius 1 is 0.895 bits per heavy atom. The van der Waals surface area contributed by atoms with E-state index in [1.807, 2.05) is 7.11 Å². The van der Waals surface area contributed by atoms with Gasteiger partial charge in [-0.2, -0.15) is 0 Å². The van der Waals surface area contributed by atoms with Crippen molar-refractivity contribution in [3.05, 3.63) is 0 Å². The van der Waals surface area contributed by atoms with Crippen molar-refractivity contribution in [3.8, 4) is 0 Å². The zero-order chi connectivity index (χ0) is 13.2. The van der Waals surface area contributed by atoms with Crippen LogP contribution in [0.4, 0.5) is 0 Å². The maximum atomic E-state index is 5.47. The van der Waals surface area contributed by atoms with Crippen LogP contribution in [0.3, 0.4) is 0 Å². The molecule has 19 heavy (non-hydrogen) atoms. The predicted octanol–water partition coefficient (Wildman–Crippen LogP) is 2.55. The van der Waals surface area contributed by atoms with Gasteiger partial charge in [-0.1, -0.05) is 6.42 Å². The lowest BCUT2D eigenvalue weighted by molar-refractivity contribution is 0.0350. The molecule has 1 saturated carbocycles. The Morgan fingerprint density at radius 3 is 2.11 bits per heavy atom. The molecule has 1 aliphatic carbocycles. The lowest BCUT2D eigenvalue weighted by Gasteiger charge is -2.48. The van der Waals surface area contributed by atoms with Crippen LogP contribution in [0.1, 0.15) is 57.8 Å². The Balaban J connectivity index is 1.48. The van der Waals surface area contributed by atoms with Crippen molar-refractivity contribution in [2.75, 3.05) is 14.2 Å². The fraction of sp³-hybridized carbons (Fsp3) is 1.00. The summed E-state index contributed by atoms with van der Waals surface area (Å²) >= 11 is 0. The normalized spacial score (nSPS) is 44.2. The number of ether oxygens (including phenoxy) is 1. The summed E-state index contributed by atoms with van der Waals surface area (Å²) in [7, 11) is 4.20. The molecule has 0 spiro atoms. The highest BCUT2D eigenvalue weighted by Gasteiger charge is 2.36. The Bertz CT molecular complexity index is 274. The maximum absolute atomic E-state index is 5.47. The first-order valence-corrected chi connectivity index (χ1v) is 8.27. The van der Waals surface area contributed by atoms with E-state index in [9.17, 15) is 0 Å². The Kier molecular flexibility index (Phi) is 4.45. The first-order valence-electron chi connectivity index (χ1n) is 8.27. The fourth-order valence-electron chi connectivity index (χ4n) is 4.55. The molecule has 0 aromatic heterocycles.